The molecule has 0 bridgehead atoms. The standard InChI is InChI=1S/C17H21N5OS/c1-4-8-18-14(23)10-24-17-19-16-15(20-21-17)12-9-11(5-2)6-7-13(12)22(16)3/h6-7,9H,4-5,8,10H2,1-3H3,(H,18,23). The molecule has 0 spiro atoms. The highest BCUT2D eigenvalue weighted by Crippen LogP contribution is 2.27. The number of benzene rings is 1. The summed E-state index contributed by atoms with van der Waals surface area (Å²) in [6.45, 7) is 4.85. The number of fused-ring (bicyclic) bond motifs is 3. The molecule has 0 aliphatic carbocycles. The molecule has 0 saturated carbocycles. The van der Waals surface area contributed by atoms with Crippen LogP contribution in [-0.2, 0) is 18.3 Å². The molecule has 7 heteroatoms. The second kappa shape index (κ2) is 7.17. The molecule has 2 heterocycles. The average molecular weight is 343 g/mol. The quantitative estimate of drug-likeness (QED) is 0.697. The van der Waals surface area contributed by atoms with Gasteiger partial charge in [-0.15, -0.1) is 10.2 Å². The lowest BCUT2D eigenvalue weighted by molar-refractivity contribution is -0.118. The first-order valence-electron chi connectivity index (χ1n) is 8.15. The van der Waals surface area contributed by atoms with Gasteiger partial charge in [-0.3, -0.25) is 4.79 Å². The van der Waals surface area contributed by atoms with E-state index in [0.717, 1.165) is 34.9 Å². The number of nitrogens with one attached hydrogen (secondary N) is 1. The molecular weight excluding hydrogens is 322 g/mol. The van der Waals surface area contributed by atoms with Crippen LogP contribution in [0.25, 0.3) is 22.1 Å². The number of carbonyl (C=O) groups excluding carboxylic acids is 1. The van der Waals surface area contributed by atoms with Gasteiger partial charge < -0.3 is 9.88 Å². The summed E-state index contributed by atoms with van der Waals surface area (Å²) in [7, 11) is 1.98. The molecule has 3 aromatic rings. The highest BCUT2D eigenvalue weighted by molar-refractivity contribution is 7.99. The maximum absolute atomic E-state index is 11.7. The third-order valence-corrected chi connectivity index (χ3v) is 4.79. The molecule has 126 valence electrons. The minimum Gasteiger partial charge on any atom is -0.355 e. The normalized spacial score (nSPS) is 11.3. The SMILES string of the molecule is CCCNC(=O)CSc1nnc2c3cc(CC)ccc3n(C)c2n1. The van der Waals surface area contributed by atoms with Crippen molar-refractivity contribution in [3.8, 4) is 0 Å². The summed E-state index contributed by atoms with van der Waals surface area (Å²) in [6.07, 6.45) is 1.91. The van der Waals surface area contributed by atoms with Crippen molar-refractivity contribution >= 4 is 39.7 Å². The monoisotopic (exact) mass is 343 g/mol. The van der Waals surface area contributed by atoms with Crippen LogP contribution in [0.2, 0.25) is 0 Å². The summed E-state index contributed by atoms with van der Waals surface area (Å²) in [5.41, 5.74) is 3.96. The van der Waals surface area contributed by atoms with Crippen molar-refractivity contribution in [3.63, 3.8) is 0 Å². The molecule has 1 aromatic carbocycles. The van der Waals surface area contributed by atoms with E-state index in [0.29, 0.717) is 17.5 Å². The summed E-state index contributed by atoms with van der Waals surface area (Å²) in [5, 5.41) is 13.0. The molecule has 0 radical (unpaired) electrons. The Bertz CT molecular complexity index is 889. The fraction of sp³-hybridized carbons (Fsp3) is 0.412. The molecule has 0 aliphatic rings. The molecule has 0 atom stereocenters. The summed E-state index contributed by atoms with van der Waals surface area (Å²) in [4.78, 5) is 16.3. The highest BCUT2D eigenvalue weighted by Gasteiger charge is 2.14. The Kier molecular flexibility index (Phi) is 4.99. The van der Waals surface area contributed by atoms with Gasteiger partial charge in [0, 0.05) is 19.0 Å². The Morgan fingerprint density at radius 3 is 2.88 bits per heavy atom. The van der Waals surface area contributed by atoms with Crippen LogP contribution in [0, 0.1) is 0 Å². The summed E-state index contributed by atoms with van der Waals surface area (Å²) >= 11 is 1.31. The number of rotatable bonds is 6. The lowest BCUT2D eigenvalue weighted by Crippen LogP contribution is -2.25. The topological polar surface area (TPSA) is 72.7 Å². The van der Waals surface area contributed by atoms with Crippen molar-refractivity contribution in [1.29, 1.82) is 0 Å². The van der Waals surface area contributed by atoms with Crippen molar-refractivity contribution in [3.05, 3.63) is 23.8 Å². The molecular formula is C17H21N5OS. The molecule has 2 aromatic heterocycles. The van der Waals surface area contributed by atoms with Gasteiger partial charge in [-0.05, 0) is 30.5 Å². The number of aryl methyl sites for hydroxylation is 2. The summed E-state index contributed by atoms with van der Waals surface area (Å²) < 4.78 is 2.03. The van der Waals surface area contributed by atoms with Crippen LogP contribution in [0.5, 0.6) is 0 Å². The maximum Gasteiger partial charge on any atom is 0.230 e. The van der Waals surface area contributed by atoms with E-state index in [9.17, 15) is 4.79 Å². The van der Waals surface area contributed by atoms with Gasteiger partial charge in [-0.2, -0.15) is 0 Å². The van der Waals surface area contributed by atoms with Crippen LogP contribution in [0.4, 0.5) is 0 Å². The van der Waals surface area contributed by atoms with E-state index in [4.69, 9.17) is 0 Å². The Balaban J connectivity index is 1.89. The first-order chi connectivity index (χ1) is 11.6. The smallest absolute Gasteiger partial charge is 0.230 e. The second-order valence-corrected chi connectivity index (χ2v) is 6.61. The van der Waals surface area contributed by atoms with E-state index in [1.165, 1.54) is 17.3 Å². The Labute approximate surface area is 145 Å². The van der Waals surface area contributed by atoms with Crippen LogP contribution in [0.3, 0.4) is 0 Å². The van der Waals surface area contributed by atoms with Gasteiger partial charge in [0.25, 0.3) is 0 Å². The average Bonchev–Trinajstić information content (AvgIpc) is 2.89. The molecule has 24 heavy (non-hydrogen) atoms. The summed E-state index contributed by atoms with van der Waals surface area (Å²) in [5.74, 6) is 0.298. The molecule has 3 rings (SSSR count). The number of aromatic nitrogens is 4. The third kappa shape index (κ3) is 3.21. The zero-order chi connectivity index (χ0) is 17.1. The first kappa shape index (κ1) is 16.7. The third-order valence-electron chi connectivity index (χ3n) is 3.96. The Morgan fingerprint density at radius 1 is 1.29 bits per heavy atom. The van der Waals surface area contributed by atoms with Crippen LogP contribution in [-0.4, -0.2) is 38.0 Å². The van der Waals surface area contributed by atoms with Gasteiger partial charge in [0.1, 0.15) is 5.52 Å². The molecule has 1 N–H and O–H groups in total. The molecule has 0 unspecified atom stereocenters. The van der Waals surface area contributed by atoms with Crippen LogP contribution in [0.15, 0.2) is 23.4 Å². The van der Waals surface area contributed by atoms with Gasteiger partial charge in [0.2, 0.25) is 11.1 Å². The van der Waals surface area contributed by atoms with Crippen molar-refractivity contribution in [1.82, 2.24) is 25.1 Å². The number of thioether (sulfide) groups is 1. The van der Waals surface area contributed by atoms with E-state index in [1.54, 1.807) is 0 Å². The number of carbonyl (C=O) groups is 1. The van der Waals surface area contributed by atoms with Gasteiger partial charge in [-0.1, -0.05) is 31.7 Å². The van der Waals surface area contributed by atoms with Crippen LogP contribution in [0.1, 0.15) is 25.8 Å². The minimum absolute atomic E-state index is 0.00447. The predicted molar refractivity (Wildman–Crippen MR) is 97.2 cm³/mol. The molecule has 1 amide bonds. The van der Waals surface area contributed by atoms with Gasteiger partial charge in [0.05, 0.1) is 11.3 Å². The number of amides is 1. The highest BCUT2D eigenvalue weighted by atomic mass is 32.2. The van der Waals surface area contributed by atoms with E-state index < -0.39 is 0 Å². The Hall–Kier alpha value is -2.15. The van der Waals surface area contributed by atoms with Crippen molar-refractivity contribution in [2.45, 2.75) is 31.8 Å². The maximum atomic E-state index is 11.7. The number of hydrogen-bond acceptors (Lipinski definition) is 5. The molecule has 0 fully saturated rings. The van der Waals surface area contributed by atoms with E-state index in [1.807, 2.05) is 18.5 Å². The van der Waals surface area contributed by atoms with Gasteiger partial charge >= 0.3 is 0 Å². The zero-order valence-electron chi connectivity index (χ0n) is 14.2. The van der Waals surface area contributed by atoms with E-state index in [2.05, 4.69) is 45.6 Å². The Morgan fingerprint density at radius 2 is 2.12 bits per heavy atom. The summed E-state index contributed by atoms with van der Waals surface area (Å²) in [6, 6.07) is 6.38. The second-order valence-electron chi connectivity index (χ2n) is 5.67. The van der Waals surface area contributed by atoms with Crippen molar-refractivity contribution < 1.29 is 4.79 Å². The lowest BCUT2D eigenvalue weighted by atomic mass is 10.1. The fourth-order valence-corrected chi connectivity index (χ4v) is 3.23. The van der Waals surface area contributed by atoms with Gasteiger partial charge in [0.15, 0.2) is 5.65 Å². The minimum atomic E-state index is -0.00447. The predicted octanol–water partition coefficient (Wildman–Crippen LogP) is 2.70. The van der Waals surface area contributed by atoms with Gasteiger partial charge in [-0.25, -0.2) is 4.98 Å². The van der Waals surface area contributed by atoms with Crippen LogP contribution >= 0.6 is 11.8 Å². The zero-order valence-corrected chi connectivity index (χ0v) is 15.0. The number of hydrogen-bond donors (Lipinski definition) is 1. The lowest BCUT2D eigenvalue weighted by Gasteiger charge is -2.02. The van der Waals surface area contributed by atoms with E-state index in [-0.39, 0.29) is 5.91 Å². The van der Waals surface area contributed by atoms with Crippen LogP contribution < -0.4 is 5.32 Å². The molecule has 6 nitrogen and oxygen atoms in total. The fourth-order valence-electron chi connectivity index (χ4n) is 2.62. The van der Waals surface area contributed by atoms with Crippen molar-refractivity contribution in [2.24, 2.45) is 7.05 Å². The number of nitrogens with zero attached hydrogens (tertiary/aromatic N) is 4. The molecule has 0 saturated heterocycles. The van der Waals surface area contributed by atoms with Crippen molar-refractivity contribution in [2.75, 3.05) is 12.3 Å². The van der Waals surface area contributed by atoms with E-state index >= 15 is 0 Å². The largest absolute Gasteiger partial charge is 0.355 e. The molecule has 0 aliphatic heterocycles. The first-order valence-corrected chi connectivity index (χ1v) is 9.13.